The van der Waals surface area contributed by atoms with Gasteiger partial charge in [-0.1, -0.05) is 26.0 Å². The van der Waals surface area contributed by atoms with Crippen LogP contribution < -0.4 is 11.1 Å². The third-order valence-electron chi connectivity index (χ3n) is 3.39. The highest BCUT2D eigenvalue weighted by Gasteiger charge is 2.13. The fourth-order valence-electron chi connectivity index (χ4n) is 1.94. The maximum atomic E-state index is 12.0. The SMILES string of the molecule is CC(C)C(N)CC(=O)Nc1cccc(-c2nncn2C)c1. The predicted molar refractivity (Wildman–Crippen MR) is 82.5 cm³/mol. The second-order valence-corrected chi connectivity index (χ2v) is 5.51. The number of benzene rings is 1. The molecule has 112 valence electrons. The van der Waals surface area contributed by atoms with Gasteiger partial charge in [0, 0.05) is 30.8 Å². The van der Waals surface area contributed by atoms with Gasteiger partial charge in [-0.15, -0.1) is 10.2 Å². The number of nitrogens with zero attached hydrogens (tertiary/aromatic N) is 3. The van der Waals surface area contributed by atoms with Crippen LogP contribution in [0.15, 0.2) is 30.6 Å². The van der Waals surface area contributed by atoms with Crippen molar-refractivity contribution in [3.8, 4) is 11.4 Å². The lowest BCUT2D eigenvalue weighted by molar-refractivity contribution is -0.116. The molecule has 0 spiro atoms. The maximum absolute atomic E-state index is 12.0. The number of carbonyl (C=O) groups is 1. The van der Waals surface area contributed by atoms with E-state index in [4.69, 9.17) is 5.73 Å². The normalized spacial score (nSPS) is 12.4. The van der Waals surface area contributed by atoms with Gasteiger partial charge in [-0.05, 0) is 18.1 Å². The van der Waals surface area contributed by atoms with E-state index in [1.807, 2.05) is 49.7 Å². The van der Waals surface area contributed by atoms with E-state index in [0.717, 1.165) is 17.1 Å². The average molecular weight is 287 g/mol. The smallest absolute Gasteiger partial charge is 0.225 e. The molecule has 1 aromatic carbocycles. The van der Waals surface area contributed by atoms with Gasteiger partial charge in [0.1, 0.15) is 6.33 Å². The number of amides is 1. The number of aromatic nitrogens is 3. The van der Waals surface area contributed by atoms with Crippen molar-refractivity contribution < 1.29 is 4.79 Å². The van der Waals surface area contributed by atoms with Gasteiger partial charge in [0.15, 0.2) is 5.82 Å². The minimum Gasteiger partial charge on any atom is -0.327 e. The van der Waals surface area contributed by atoms with Crippen LogP contribution >= 0.6 is 0 Å². The molecule has 1 heterocycles. The number of carbonyl (C=O) groups excluding carboxylic acids is 1. The van der Waals surface area contributed by atoms with Crippen LogP contribution in [0.25, 0.3) is 11.4 Å². The summed E-state index contributed by atoms with van der Waals surface area (Å²) in [4.78, 5) is 12.0. The Bertz CT molecular complexity index is 620. The summed E-state index contributed by atoms with van der Waals surface area (Å²) in [5.74, 6) is 0.956. The Hall–Kier alpha value is -2.21. The highest BCUT2D eigenvalue weighted by atomic mass is 16.1. The van der Waals surface area contributed by atoms with Gasteiger partial charge in [-0.3, -0.25) is 4.79 Å². The lowest BCUT2D eigenvalue weighted by atomic mass is 10.0. The van der Waals surface area contributed by atoms with Crippen LogP contribution in [0, 0.1) is 5.92 Å². The van der Waals surface area contributed by atoms with Crippen molar-refractivity contribution in [3.05, 3.63) is 30.6 Å². The van der Waals surface area contributed by atoms with Gasteiger partial charge in [-0.2, -0.15) is 0 Å². The molecule has 0 bridgehead atoms. The summed E-state index contributed by atoms with van der Waals surface area (Å²) in [6.07, 6.45) is 1.95. The number of hydrogen-bond acceptors (Lipinski definition) is 4. The number of aryl methyl sites for hydroxylation is 1. The Morgan fingerprint density at radius 1 is 1.43 bits per heavy atom. The minimum absolute atomic E-state index is 0.0775. The van der Waals surface area contributed by atoms with E-state index in [1.54, 1.807) is 6.33 Å². The average Bonchev–Trinajstić information content (AvgIpc) is 2.85. The van der Waals surface area contributed by atoms with Crippen molar-refractivity contribution in [2.24, 2.45) is 18.7 Å². The fourth-order valence-corrected chi connectivity index (χ4v) is 1.94. The highest BCUT2D eigenvalue weighted by molar-refractivity contribution is 5.91. The van der Waals surface area contributed by atoms with Gasteiger partial charge in [0.25, 0.3) is 0 Å². The van der Waals surface area contributed by atoms with E-state index in [0.29, 0.717) is 6.42 Å². The molecule has 1 atom stereocenters. The zero-order valence-electron chi connectivity index (χ0n) is 12.6. The van der Waals surface area contributed by atoms with Crippen LogP contribution in [0.3, 0.4) is 0 Å². The van der Waals surface area contributed by atoms with Gasteiger partial charge in [0.05, 0.1) is 0 Å². The van der Waals surface area contributed by atoms with Crippen molar-refractivity contribution in [2.75, 3.05) is 5.32 Å². The molecule has 0 aliphatic rings. The summed E-state index contributed by atoms with van der Waals surface area (Å²) in [6.45, 7) is 4.01. The topological polar surface area (TPSA) is 85.8 Å². The van der Waals surface area contributed by atoms with Gasteiger partial charge < -0.3 is 15.6 Å². The first kappa shape index (κ1) is 15.2. The molecule has 6 nitrogen and oxygen atoms in total. The Morgan fingerprint density at radius 3 is 2.81 bits per heavy atom. The third kappa shape index (κ3) is 3.88. The molecule has 0 fully saturated rings. The lowest BCUT2D eigenvalue weighted by Crippen LogP contribution is -2.31. The Labute approximate surface area is 124 Å². The first-order valence-electron chi connectivity index (χ1n) is 6.97. The Morgan fingerprint density at radius 2 is 2.19 bits per heavy atom. The molecule has 0 saturated heterocycles. The first-order valence-corrected chi connectivity index (χ1v) is 6.97. The first-order chi connectivity index (χ1) is 9.97. The summed E-state index contributed by atoms with van der Waals surface area (Å²) in [5.41, 5.74) is 7.55. The quantitative estimate of drug-likeness (QED) is 0.878. The molecule has 2 aromatic rings. The summed E-state index contributed by atoms with van der Waals surface area (Å²) in [6, 6.07) is 7.40. The van der Waals surface area contributed by atoms with Crippen LogP contribution in [-0.4, -0.2) is 26.7 Å². The molecule has 0 radical (unpaired) electrons. The van der Waals surface area contributed by atoms with Crippen molar-refractivity contribution in [3.63, 3.8) is 0 Å². The van der Waals surface area contributed by atoms with Crippen molar-refractivity contribution in [1.82, 2.24) is 14.8 Å². The molecule has 0 saturated carbocycles. The zero-order valence-corrected chi connectivity index (χ0v) is 12.6. The van der Waals surface area contributed by atoms with E-state index in [9.17, 15) is 4.79 Å². The predicted octanol–water partition coefficient (Wildman–Crippen LogP) is 1.79. The molecular formula is C15H21N5O. The number of nitrogens with two attached hydrogens (primary N) is 1. The van der Waals surface area contributed by atoms with Crippen LogP contribution in [0.4, 0.5) is 5.69 Å². The molecule has 1 unspecified atom stereocenters. The summed E-state index contributed by atoms with van der Waals surface area (Å²) < 4.78 is 1.83. The van der Waals surface area contributed by atoms with E-state index in [-0.39, 0.29) is 17.9 Å². The van der Waals surface area contributed by atoms with Crippen LogP contribution in [0.2, 0.25) is 0 Å². The van der Waals surface area contributed by atoms with E-state index in [2.05, 4.69) is 15.5 Å². The monoisotopic (exact) mass is 287 g/mol. The molecule has 1 amide bonds. The summed E-state index contributed by atoms with van der Waals surface area (Å²) in [7, 11) is 1.88. The number of nitrogens with one attached hydrogen (secondary N) is 1. The Balaban J connectivity index is 2.08. The van der Waals surface area contributed by atoms with E-state index < -0.39 is 0 Å². The van der Waals surface area contributed by atoms with E-state index >= 15 is 0 Å². The summed E-state index contributed by atoms with van der Waals surface area (Å²) >= 11 is 0. The van der Waals surface area contributed by atoms with Gasteiger partial charge >= 0.3 is 0 Å². The number of rotatable bonds is 5. The molecule has 1 aromatic heterocycles. The van der Waals surface area contributed by atoms with Crippen LogP contribution in [0.5, 0.6) is 0 Å². The molecule has 2 rings (SSSR count). The van der Waals surface area contributed by atoms with Crippen molar-refractivity contribution in [2.45, 2.75) is 26.3 Å². The molecular weight excluding hydrogens is 266 g/mol. The molecule has 0 aliphatic carbocycles. The van der Waals surface area contributed by atoms with Crippen LogP contribution in [0.1, 0.15) is 20.3 Å². The van der Waals surface area contributed by atoms with Gasteiger partial charge in [0.2, 0.25) is 5.91 Å². The molecule has 6 heteroatoms. The lowest BCUT2D eigenvalue weighted by Gasteiger charge is -2.15. The largest absolute Gasteiger partial charge is 0.327 e. The van der Waals surface area contributed by atoms with Crippen molar-refractivity contribution >= 4 is 11.6 Å². The minimum atomic E-state index is -0.132. The highest BCUT2D eigenvalue weighted by Crippen LogP contribution is 2.20. The third-order valence-corrected chi connectivity index (χ3v) is 3.39. The molecule has 21 heavy (non-hydrogen) atoms. The standard InChI is InChI=1S/C15H21N5O/c1-10(2)13(16)8-14(21)18-12-6-4-5-11(7-12)15-19-17-9-20(15)3/h4-7,9-10,13H,8,16H2,1-3H3,(H,18,21). The van der Waals surface area contributed by atoms with E-state index in [1.165, 1.54) is 0 Å². The van der Waals surface area contributed by atoms with Crippen LogP contribution in [-0.2, 0) is 11.8 Å². The molecule has 0 aliphatic heterocycles. The second-order valence-electron chi connectivity index (χ2n) is 5.51. The fraction of sp³-hybridized carbons (Fsp3) is 0.400. The van der Waals surface area contributed by atoms with Gasteiger partial charge in [-0.25, -0.2) is 0 Å². The zero-order chi connectivity index (χ0) is 15.4. The number of anilines is 1. The Kier molecular flexibility index (Phi) is 4.70. The maximum Gasteiger partial charge on any atom is 0.225 e. The molecule has 3 N–H and O–H groups in total. The summed E-state index contributed by atoms with van der Waals surface area (Å²) in [5, 5.41) is 10.8. The second kappa shape index (κ2) is 6.49. The number of hydrogen-bond donors (Lipinski definition) is 2. The van der Waals surface area contributed by atoms with Crippen molar-refractivity contribution in [1.29, 1.82) is 0 Å².